The van der Waals surface area contributed by atoms with Crippen LogP contribution in [-0.2, 0) is 17.8 Å². The molecular formula is C24H29N3O4. The largest absolute Gasteiger partial charge is 0.490 e. The topological polar surface area (TPSA) is 77.3 Å². The Hall–Kier alpha value is -2.93. The van der Waals surface area contributed by atoms with Crippen LogP contribution in [0.1, 0.15) is 30.4 Å². The molecule has 0 bridgehead atoms. The highest BCUT2D eigenvalue weighted by Gasteiger charge is 2.26. The van der Waals surface area contributed by atoms with Gasteiger partial charge in [0.1, 0.15) is 11.9 Å². The fourth-order valence-electron chi connectivity index (χ4n) is 4.56. The molecule has 3 aliphatic rings. The van der Waals surface area contributed by atoms with Gasteiger partial charge in [0, 0.05) is 44.8 Å². The zero-order valence-corrected chi connectivity index (χ0v) is 17.7. The Morgan fingerprint density at radius 3 is 2.48 bits per heavy atom. The summed E-state index contributed by atoms with van der Waals surface area (Å²) in [5, 5.41) is 0. The minimum atomic E-state index is 0.224. The second-order valence-electron chi connectivity index (χ2n) is 8.52. The molecule has 0 atom stereocenters. The number of anilines is 1. The number of piperidine rings is 1. The van der Waals surface area contributed by atoms with Crippen LogP contribution in [0.25, 0.3) is 0 Å². The van der Waals surface area contributed by atoms with E-state index in [1.807, 2.05) is 35.2 Å². The monoisotopic (exact) mass is 423 g/mol. The van der Waals surface area contributed by atoms with E-state index >= 15 is 0 Å². The second-order valence-corrected chi connectivity index (χ2v) is 8.52. The van der Waals surface area contributed by atoms with Gasteiger partial charge in [-0.3, -0.25) is 4.79 Å². The van der Waals surface area contributed by atoms with Crippen LogP contribution < -0.4 is 19.9 Å². The van der Waals surface area contributed by atoms with E-state index < -0.39 is 0 Å². The minimum absolute atomic E-state index is 0.224. The van der Waals surface area contributed by atoms with E-state index in [0.717, 1.165) is 68.4 Å². The molecule has 3 aliphatic heterocycles. The first kappa shape index (κ1) is 20.0. The Kier molecular flexibility index (Phi) is 5.59. The van der Waals surface area contributed by atoms with Crippen LogP contribution in [0.2, 0.25) is 0 Å². The van der Waals surface area contributed by atoms with Gasteiger partial charge < -0.3 is 29.7 Å². The van der Waals surface area contributed by atoms with Gasteiger partial charge in [-0.1, -0.05) is 0 Å². The lowest BCUT2D eigenvalue weighted by Crippen LogP contribution is -2.41. The molecule has 1 saturated heterocycles. The Morgan fingerprint density at radius 1 is 1.03 bits per heavy atom. The Bertz CT molecular complexity index is 939. The summed E-state index contributed by atoms with van der Waals surface area (Å²) in [7, 11) is 0. The first-order valence-corrected chi connectivity index (χ1v) is 11.1. The summed E-state index contributed by atoms with van der Waals surface area (Å²) in [6.07, 6.45) is 3.60. The molecule has 5 rings (SSSR count). The predicted molar refractivity (Wildman–Crippen MR) is 117 cm³/mol. The number of ether oxygens (including phenoxy) is 3. The van der Waals surface area contributed by atoms with Crippen molar-refractivity contribution >= 4 is 11.6 Å². The van der Waals surface area contributed by atoms with Crippen LogP contribution >= 0.6 is 0 Å². The van der Waals surface area contributed by atoms with E-state index in [2.05, 4.69) is 11.0 Å². The SMILES string of the molecule is Nc1ccc(OC2CCN(CCC(=O)N3CCc4cc5c(cc4C3)OCO5)CC2)cc1. The predicted octanol–water partition coefficient (Wildman–Crippen LogP) is 2.82. The highest BCUT2D eigenvalue weighted by atomic mass is 16.7. The van der Waals surface area contributed by atoms with E-state index in [-0.39, 0.29) is 18.8 Å². The number of likely N-dealkylation sites (tertiary alicyclic amines) is 1. The van der Waals surface area contributed by atoms with Gasteiger partial charge in [-0.15, -0.1) is 0 Å². The zero-order valence-electron chi connectivity index (χ0n) is 17.7. The van der Waals surface area contributed by atoms with Crippen molar-refractivity contribution in [2.24, 2.45) is 0 Å². The molecule has 1 amide bonds. The van der Waals surface area contributed by atoms with Crippen molar-refractivity contribution in [1.82, 2.24) is 9.80 Å². The molecule has 2 aromatic rings. The minimum Gasteiger partial charge on any atom is -0.490 e. The van der Waals surface area contributed by atoms with Crippen LogP contribution in [0.15, 0.2) is 36.4 Å². The maximum Gasteiger partial charge on any atom is 0.231 e. The van der Waals surface area contributed by atoms with Gasteiger partial charge in [-0.05, 0) is 66.8 Å². The molecule has 0 radical (unpaired) electrons. The van der Waals surface area contributed by atoms with Gasteiger partial charge in [0.25, 0.3) is 0 Å². The van der Waals surface area contributed by atoms with Gasteiger partial charge in [-0.25, -0.2) is 0 Å². The molecule has 0 aromatic heterocycles. The Balaban J connectivity index is 1.07. The summed E-state index contributed by atoms with van der Waals surface area (Å²) in [5.41, 5.74) is 8.91. The van der Waals surface area contributed by atoms with Gasteiger partial charge in [0.05, 0.1) is 0 Å². The number of nitrogens with zero attached hydrogens (tertiary/aromatic N) is 2. The summed E-state index contributed by atoms with van der Waals surface area (Å²) < 4.78 is 17.0. The highest BCUT2D eigenvalue weighted by molar-refractivity contribution is 5.76. The van der Waals surface area contributed by atoms with E-state index in [9.17, 15) is 4.79 Å². The van der Waals surface area contributed by atoms with Crippen LogP contribution in [0.3, 0.4) is 0 Å². The number of rotatable bonds is 5. The first-order valence-electron chi connectivity index (χ1n) is 11.1. The van der Waals surface area contributed by atoms with Crippen LogP contribution in [-0.4, -0.2) is 54.8 Å². The van der Waals surface area contributed by atoms with E-state index in [4.69, 9.17) is 19.9 Å². The number of hydrogen-bond donors (Lipinski definition) is 1. The normalized spacial score (nSPS) is 18.6. The van der Waals surface area contributed by atoms with Gasteiger partial charge in [0.2, 0.25) is 12.7 Å². The zero-order chi connectivity index (χ0) is 21.2. The number of fused-ring (bicyclic) bond motifs is 2. The molecule has 7 nitrogen and oxygen atoms in total. The molecule has 3 heterocycles. The molecule has 0 unspecified atom stereocenters. The lowest BCUT2D eigenvalue weighted by molar-refractivity contribution is -0.132. The summed E-state index contributed by atoms with van der Waals surface area (Å²) in [6, 6.07) is 11.7. The van der Waals surface area contributed by atoms with E-state index in [1.54, 1.807) is 0 Å². The van der Waals surface area contributed by atoms with Crippen LogP contribution in [0.4, 0.5) is 5.69 Å². The van der Waals surface area contributed by atoms with Gasteiger partial charge in [0.15, 0.2) is 11.5 Å². The maximum absolute atomic E-state index is 12.8. The summed E-state index contributed by atoms with van der Waals surface area (Å²) >= 11 is 0. The third kappa shape index (κ3) is 4.56. The van der Waals surface area contributed by atoms with Crippen molar-refractivity contribution in [2.75, 3.05) is 38.7 Å². The van der Waals surface area contributed by atoms with Crippen molar-refractivity contribution in [1.29, 1.82) is 0 Å². The molecule has 7 heteroatoms. The number of carbonyl (C=O) groups is 1. The average Bonchev–Trinajstić information content (AvgIpc) is 3.25. The smallest absolute Gasteiger partial charge is 0.231 e. The van der Waals surface area contributed by atoms with Gasteiger partial charge in [-0.2, -0.15) is 0 Å². The fourth-order valence-corrected chi connectivity index (χ4v) is 4.56. The van der Waals surface area contributed by atoms with Crippen LogP contribution in [0, 0.1) is 0 Å². The third-order valence-electron chi connectivity index (χ3n) is 6.42. The fraction of sp³-hybridized carbons (Fsp3) is 0.458. The first-order chi connectivity index (χ1) is 15.1. The summed E-state index contributed by atoms with van der Waals surface area (Å²) in [6.45, 7) is 4.42. The lowest BCUT2D eigenvalue weighted by Gasteiger charge is -2.33. The van der Waals surface area contributed by atoms with Crippen molar-refractivity contribution in [3.05, 3.63) is 47.5 Å². The van der Waals surface area contributed by atoms with E-state index in [1.165, 1.54) is 11.1 Å². The second kappa shape index (κ2) is 8.67. The molecule has 0 saturated carbocycles. The summed E-state index contributed by atoms with van der Waals surface area (Å²) in [5.74, 6) is 2.71. The molecule has 2 aromatic carbocycles. The molecule has 2 N–H and O–H groups in total. The number of amides is 1. The summed E-state index contributed by atoms with van der Waals surface area (Å²) in [4.78, 5) is 17.2. The van der Waals surface area contributed by atoms with E-state index in [0.29, 0.717) is 13.0 Å². The number of nitrogens with two attached hydrogens (primary N) is 1. The molecule has 0 aliphatic carbocycles. The number of nitrogen functional groups attached to an aromatic ring is 1. The maximum atomic E-state index is 12.8. The molecule has 31 heavy (non-hydrogen) atoms. The quantitative estimate of drug-likeness (QED) is 0.746. The van der Waals surface area contributed by atoms with Crippen molar-refractivity contribution < 1.29 is 19.0 Å². The molecular weight excluding hydrogens is 394 g/mol. The molecule has 164 valence electrons. The Labute approximate surface area is 182 Å². The molecule has 0 spiro atoms. The van der Waals surface area contributed by atoms with Crippen LogP contribution in [0.5, 0.6) is 17.2 Å². The standard InChI is InChI=1S/C24H29N3O4/c25-19-1-3-20(4-2-19)31-21-6-9-26(10-7-21)11-8-24(28)27-12-5-17-13-22-23(30-16-29-22)14-18(17)15-27/h1-4,13-14,21H,5-12,15-16,25H2. The number of hydrogen-bond acceptors (Lipinski definition) is 6. The van der Waals surface area contributed by atoms with Gasteiger partial charge >= 0.3 is 0 Å². The third-order valence-corrected chi connectivity index (χ3v) is 6.42. The van der Waals surface area contributed by atoms with Crippen molar-refractivity contribution in [2.45, 2.75) is 38.3 Å². The number of carbonyl (C=O) groups excluding carboxylic acids is 1. The van der Waals surface area contributed by atoms with Crippen molar-refractivity contribution in [3.8, 4) is 17.2 Å². The Morgan fingerprint density at radius 2 is 1.74 bits per heavy atom. The average molecular weight is 424 g/mol. The molecule has 1 fully saturated rings. The lowest BCUT2D eigenvalue weighted by atomic mass is 9.98. The highest BCUT2D eigenvalue weighted by Crippen LogP contribution is 2.36. The number of benzene rings is 2. The van der Waals surface area contributed by atoms with Crippen molar-refractivity contribution in [3.63, 3.8) is 0 Å².